The summed E-state index contributed by atoms with van der Waals surface area (Å²) < 4.78 is 37.4. The van der Waals surface area contributed by atoms with E-state index in [1.807, 2.05) is 0 Å². The number of benzene rings is 1. The minimum absolute atomic E-state index is 0.132. The number of aromatic nitrogens is 1. The highest BCUT2D eigenvalue weighted by Crippen LogP contribution is 2.30. The number of carbonyl (C=O) groups is 1. The van der Waals surface area contributed by atoms with Gasteiger partial charge in [-0.1, -0.05) is 0 Å². The Balaban J connectivity index is 2.23. The quantitative estimate of drug-likeness (QED) is 0.940. The lowest BCUT2D eigenvalue weighted by Crippen LogP contribution is -2.13. The third-order valence-corrected chi connectivity index (χ3v) is 2.92. The molecule has 0 aliphatic rings. The number of halogens is 3. The molecule has 1 N–H and O–H groups in total. The normalized spacial score (nSPS) is 11.2. The van der Waals surface area contributed by atoms with E-state index in [4.69, 9.17) is 5.11 Å². The monoisotopic (exact) mass is 296 g/mol. The lowest BCUT2D eigenvalue weighted by atomic mass is 10.2. The Morgan fingerprint density at radius 3 is 2.19 bits per heavy atom. The van der Waals surface area contributed by atoms with E-state index in [-0.39, 0.29) is 5.56 Å². The molecule has 2 aromatic rings. The summed E-state index contributed by atoms with van der Waals surface area (Å²) in [6.07, 6.45) is -3.66. The Kier molecular flexibility index (Phi) is 3.84. The molecule has 1 aromatic heterocycles. The van der Waals surface area contributed by atoms with Crippen LogP contribution in [0.4, 0.5) is 24.7 Å². The maximum atomic E-state index is 12.5. The first-order chi connectivity index (χ1) is 9.79. The highest BCUT2D eigenvalue weighted by atomic mass is 19.4. The molecule has 0 fully saturated rings. The topological polar surface area (TPSA) is 53.4 Å². The van der Waals surface area contributed by atoms with Crippen LogP contribution in [0.3, 0.4) is 0 Å². The summed E-state index contributed by atoms with van der Waals surface area (Å²) in [6, 6.07) is 8.15. The van der Waals surface area contributed by atoms with Gasteiger partial charge in [0.05, 0.1) is 11.1 Å². The van der Waals surface area contributed by atoms with E-state index < -0.39 is 17.7 Å². The first-order valence-electron chi connectivity index (χ1n) is 5.89. The zero-order valence-corrected chi connectivity index (χ0v) is 10.9. The van der Waals surface area contributed by atoms with Crippen LogP contribution in [-0.4, -0.2) is 23.1 Å². The second-order valence-electron chi connectivity index (χ2n) is 4.31. The number of carboxylic acid groups (broad SMARTS) is 1. The first-order valence-corrected chi connectivity index (χ1v) is 5.89. The minimum atomic E-state index is -4.42. The average Bonchev–Trinajstić information content (AvgIpc) is 2.46. The van der Waals surface area contributed by atoms with Gasteiger partial charge < -0.3 is 10.0 Å². The van der Waals surface area contributed by atoms with Crippen LogP contribution in [0.15, 0.2) is 42.6 Å². The summed E-state index contributed by atoms with van der Waals surface area (Å²) in [6.45, 7) is 0. The molecule has 0 bridgehead atoms. The molecule has 0 saturated heterocycles. The fourth-order valence-electron chi connectivity index (χ4n) is 1.71. The van der Waals surface area contributed by atoms with Crippen molar-refractivity contribution in [2.24, 2.45) is 0 Å². The zero-order chi connectivity index (χ0) is 15.6. The maximum Gasteiger partial charge on any atom is 0.417 e. The average molecular weight is 296 g/mol. The molecule has 0 aliphatic carbocycles. The predicted octanol–water partition coefficient (Wildman–Crippen LogP) is 3.57. The van der Waals surface area contributed by atoms with Crippen molar-refractivity contribution in [2.45, 2.75) is 6.18 Å². The van der Waals surface area contributed by atoms with Crippen molar-refractivity contribution < 1.29 is 23.1 Å². The van der Waals surface area contributed by atoms with Crippen LogP contribution in [0.5, 0.6) is 0 Å². The van der Waals surface area contributed by atoms with Gasteiger partial charge >= 0.3 is 12.1 Å². The molecule has 4 nitrogen and oxygen atoms in total. The van der Waals surface area contributed by atoms with E-state index in [1.54, 1.807) is 24.1 Å². The molecule has 1 heterocycles. The molecule has 0 spiro atoms. The molecule has 2 rings (SSSR count). The molecular weight excluding hydrogens is 285 g/mol. The van der Waals surface area contributed by atoms with Crippen molar-refractivity contribution in [1.29, 1.82) is 0 Å². The molecule has 0 atom stereocenters. The van der Waals surface area contributed by atoms with Gasteiger partial charge in [0.15, 0.2) is 0 Å². The summed E-state index contributed by atoms with van der Waals surface area (Å²) in [4.78, 5) is 16.1. The first kappa shape index (κ1) is 14.8. The molecule has 0 radical (unpaired) electrons. The van der Waals surface area contributed by atoms with Gasteiger partial charge in [0.2, 0.25) is 0 Å². The van der Waals surface area contributed by atoms with Crippen LogP contribution in [0, 0.1) is 0 Å². The second kappa shape index (κ2) is 5.43. The summed E-state index contributed by atoms with van der Waals surface area (Å²) in [5.41, 5.74) is -0.0688. The molecule has 7 heteroatoms. The van der Waals surface area contributed by atoms with Gasteiger partial charge in [-0.25, -0.2) is 9.78 Å². The van der Waals surface area contributed by atoms with Gasteiger partial charge in [0, 0.05) is 18.9 Å². The Labute approximate surface area is 118 Å². The number of anilines is 2. The number of alkyl halides is 3. The summed E-state index contributed by atoms with van der Waals surface area (Å²) in [5, 5.41) is 8.81. The summed E-state index contributed by atoms with van der Waals surface area (Å²) in [5.74, 6) is -0.720. The van der Waals surface area contributed by atoms with Gasteiger partial charge in [-0.15, -0.1) is 0 Å². The van der Waals surface area contributed by atoms with E-state index in [2.05, 4.69) is 4.98 Å². The van der Waals surface area contributed by atoms with Crippen LogP contribution in [0.25, 0.3) is 0 Å². The van der Waals surface area contributed by atoms with E-state index in [9.17, 15) is 18.0 Å². The molecule has 1 aromatic carbocycles. The number of aromatic carboxylic acids is 1. The van der Waals surface area contributed by atoms with Gasteiger partial charge in [-0.05, 0) is 36.4 Å². The van der Waals surface area contributed by atoms with E-state index >= 15 is 0 Å². The smallest absolute Gasteiger partial charge is 0.417 e. The number of nitrogens with zero attached hydrogens (tertiary/aromatic N) is 2. The highest BCUT2D eigenvalue weighted by Gasteiger charge is 2.30. The Hall–Kier alpha value is -2.57. The second-order valence-corrected chi connectivity index (χ2v) is 4.31. The standard InChI is InChI=1S/C14H11F3N2O2/c1-19(11-5-2-9(3-6-11)13(20)21)12-7-4-10(8-18-12)14(15,16)17/h2-8H,1H3,(H,20,21). The van der Waals surface area contributed by atoms with Crippen LogP contribution >= 0.6 is 0 Å². The van der Waals surface area contributed by atoms with Crippen LogP contribution in [0.1, 0.15) is 15.9 Å². The fourth-order valence-corrected chi connectivity index (χ4v) is 1.71. The molecule has 0 amide bonds. The van der Waals surface area contributed by atoms with E-state index in [0.717, 1.165) is 12.3 Å². The number of pyridine rings is 1. The Bertz CT molecular complexity index is 637. The number of rotatable bonds is 3. The Morgan fingerprint density at radius 1 is 1.14 bits per heavy atom. The largest absolute Gasteiger partial charge is 0.478 e. The molecule has 0 aliphatic heterocycles. The van der Waals surface area contributed by atoms with Crippen molar-refractivity contribution in [3.8, 4) is 0 Å². The number of hydrogen-bond donors (Lipinski definition) is 1. The van der Waals surface area contributed by atoms with E-state index in [1.165, 1.54) is 18.2 Å². The predicted molar refractivity (Wildman–Crippen MR) is 70.7 cm³/mol. The van der Waals surface area contributed by atoms with Crippen LogP contribution in [0.2, 0.25) is 0 Å². The molecular formula is C14H11F3N2O2. The van der Waals surface area contributed by atoms with Crippen molar-refractivity contribution in [3.63, 3.8) is 0 Å². The van der Waals surface area contributed by atoms with Gasteiger partial charge in [-0.2, -0.15) is 13.2 Å². The van der Waals surface area contributed by atoms with E-state index in [0.29, 0.717) is 11.5 Å². The number of carboxylic acids is 1. The molecule has 0 unspecified atom stereocenters. The van der Waals surface area contributed by atoms with Crippen LogP contribution in [-0.2, 0) is 6.18 Å². The summed E-state index contributed by atoms with van der Waals surface area (Å²) in [7, 11) is 1.63. The van der Waals surface area contributed by atoms with Gasteiger partial charge in [0.1, 0.15) is 5.82 Å². The lowest BCUT2D eigenvalue weighted by Gasteiger charge is -2.19. The number of hydrogen-bond acceptors (Lipinski definition) is 3. The Morgan fingerprint density at radius 2 is 1.76 bits per heavy atom. The van der Waals surface area contributed by atoms with Crippen molar-refractivity contribution >= 4 is 17.5 Å². The highest BCUT2D eigenvalue weighted by molar-refractivity contribution is 5.88. The SMILES string of the molecule is CN(c1ccc(C(=O)O)cc1)c1ccc(C(F)(F)F)cn1. The third kappa shape index (κ3) is 3.31. The summed E-state index contributed by atoms with van der Waals surface area (Å²) >= 11 is 0. The van der Waals surface area contributed by atoms with Crippen molar-refractivity contribution in [2.75, 3.05) is 11.9 Å². The molecule has 21 heavy (non-hydrogen) atoms. The maximum absolute atomic E-state index is 12.5. The lowest BCUT2D eigenvalue weighted by molar-refractivity contribution is -0.137. The third-order valence-electron chi connectivity index (χ3n) is 2.92. The van der Waals surface area contributed by atoms with Gasteiger partial charge in [0.25, 0.3) is 0 Å². The minimum Gasteiger partial charge on any atom is -0.478 e. The zero-order valence-electron chi connectivity index (χ0n) is 10.9. The van der Waals surface area contributed by atoms with Crippen molar-refractivity contribution in [1.82, 2.24) is 4.98 Å². The molecule has 0 saturated carbocycles. The molecule has 110 valence electrons. The van der Waals surface area contributed by atoms with Gasteiger partial charge in [-0.3, -0.25) is 0 Å². The van der Waals surface area contributed by atoms with Crippen LogP contribution < -0.4 is 4.90 Å². The fraction of sp³-hybridized carbons (Fsp3) is 0.143. The van der Waals surface area contributed by atoms with Crippen molar-refractivity contribution in [3.05, 3.63) is 53.7 Å².